The van der Waals surface area contributed by atoms with Crippen LogP contribution >= 0.6 is 0 Å². The lowest BCUT2D eigenvalue weighted by Gasteiger charge is -2.23. The number of aromatic nitrogens is 4. The number of para-hydroxylation sites is 1. The van der Waals surface area contributed by atoms with Crippen LogP contribution in [0.1, 0.15) is 76.0 Å². The number of hydrogen-bond donors (Lipinski definition) is 0. The molecule has 0 N–H and O–H groups in total. The third-order valence-electron chi connectivity index (χ3n) is 8.90. The highest BCUT2D eigenvalue weighted by Gasteiger charge is 2.20. The summed E-state index contributed by atoms with van der Waals surface area (Å²) in [5.74, 6) is 3.68. The highest BCUT2D eigenvalue weighted by atomic mass is 16.5. The second-order valence-corrected chi connectivity index (χ2v) is 13.0. The number of ether oxygens (including phenoxy) is 1. The van der Waals surface area contributed by atoms with Crippen LogP contribution in [0, 0.1) is 0 Å². The second kappa shape index (κ2) is 12.0. The molecule has 46 heavy (non-hydrogen) atoms. The Morgan fingerprint density at radius 2 is 1.37 bits per heavy atom. The highest BCUT2D eigenvalue weighted by molar-refractivity contribution is 6.09. The Morgan fingerprint density at radius 3 is 2.09 bits per heavy atom. The number of fused-ring (bicyclic) bond motifs is 3. The first-order chi connectivity index (χ1) is 22.3. The Hall–Kier alpha value is -5.16. The highest BCUT2D eigenvalue weighted by Crippen LogP contribution is 2.40. The van der Waals surface area contributed by atoms with Crippen LogP contribution in [0.3, 0.4) is 0 Å². The number of nitrogens with zero attached hydrogens (tertiary/aromatic N) is 4. The molecule has 0 fully saturated rings. The summed E-state index contributed by atoms with van der Waals surface area (Å²) in [5.41, 5.74) is 9.88. The zero-order valence-corrected chi connectivity index (χ0v) is 27.4. The average Bonchev–Trinajstić information content (AvgIpc) is 3.71. The van der Waals surface area contributed by atoms with Gasteiger partial charge in [-0.1, -0.05) is 77.9 Å². The molecule has 0 aliphatic heterocycles. The van der Waals surface area contributed by atoms with Crippen molar-refractivity contribution in [3.05, 3.63) is 133 Å². The molecule has 0 aliphatic carbocycles. The molecule has 0 radical (unpaired) electrons. The lowest BCUT2D eigenvalue weighted by atomic mass is 9.82. The van der Waals surface area contributed by atoms with Gasteiger partial charge in [0, 0.05) is 41.5 Å². The molecule has 5 nitrogen and oxygen atoms in total. The molecule has 0 saturated carbocycles. The van der Waals surface area contributed by atoms with Crippen molar-refractivity contribution in [2.45, 2.75) is 59.3 Å². The molecule has 0 aliphatic rings. The maximum atomic E-state index is 6.45. The number of rotatable bonds is 8. The smallest absolute Gasteiger partial charge is 0.138 e. The van der Waals surface area contributed by atoms with E-state index in [1.807, 2.05) is 47.3 Å². The molecular formula is C41H40N4O. The lowest BCUT2D eigenvalue weighted by molar-refractivity contribution is 0.483. The van der Waals surface area contributed by atoms with Crippen molar-refractivity contribution in [3.63, 3.8) is 0 Å². The molecule has 230 valence electrons. The normalized spacial score (nSPS) is 11.8. The average molecular weight is 605 g/mol. The summed E-state index contributed by atoms with van der Waals surface area (Å²) in [6, 6.07) is 32.2. The van der Waals surface area contributed by atoms with Crippen molar-refractivity contribution in [2.24, 2.45) is 0 Å². The Labute approximate surface area is 271 Å². The zero-order chi connectivity index (χ0) is 31.9. The minimum atomic E-state index is 0.392. The Kier molecular flexibility index (Phi) is 7.69. The standard InChI is InChI=1S/C41H40N4O/c1-26(2)30-20-36(27(3)4)41(37(21-30)28(5)6)29-16-17-43-40(22-29)45-38-13-8-7-12-34(38)35-15-14-33(24-39(35)45)46-32-11-9-10-31(23-32)44-19-18-42-25-44/h7-28H,1-6H3. The summed E-state index contributed by atoms with van der Waals surface area (Å²) in [6.45, 7) is 13.8. The van der Waals surface area contributed by atoms with Gasteiger partial charge in [0.15, 0.2) is 0 Å². The zero-order valence-electron chi connectivity index (χ0n) is 27.4. The molecule has 0 bridgehead atoms. The van der Waals surface area contributed by atoms with E-state index >= 15 is 0 Å². The molecule has 0 saturated heterocycles. The van der Waals surface area contributed by atoms with Gasteiger partial charge in [0.1, 0.15) is 17.3 Å². The third kappa shape index (κ3) is 5.36. The summed E-state index contributed by atoms with van der Waals surface area (Å²) in [4.78, 5) is 9.15. The van der Waals surface area contributed by atoms with Gasteiger partial charge in [-0.2, -0.15) is 0 Å². The van der Waals surface area contributed by atoms with Gasteiger partial charge in [0.2, 0.25) is 0 Å². The fourth-order valence-electron chi connectivity index (χ4n) is 6.50. The molecule has 0 atom stereocenters. The summed E-state index contributed by atoms with van der Waals surface area (Å²) in [6.07, 6.45) is 7.45. The van der Waals surface area contributed by atoms with Crippen molar-refractivity contribution < 1.29 is 4.74 Å². The van der Waals surface area contributed by atoms with E-state index in [1.54, 1.807) is 12.5 Å². The van der Waals surface area contributed by atoms with Gasteiger partial charge in [-0.3, -0.25) is 4.57 Å². The van der Waals surface area contributed by atoms with Crippen molar-refractivity contribution in [3.8, 4) is 34.1 Å². The van der Waals surface area contributed by atoms with Crippen LogP contribution in [0.4, 0.5) is 0 Å². The number of hydrogen-bond acceptors (Lipinski definition) is 3. The first-order valence-electron chi connectivity index (χ1n) is 16.2. The maximum Gasteiger partial charge on any atom is 0.138 e. The summed E-state index contributed by atoms with van der Waals surface area (Å²) < 4.78 is 10.7. The van der Waals surface area contributed by atoms with Crippen LogP contribution < -0.4 is 4.74 Å². The molecule has 0 amide bonds. The fraction of sp³-hybridized carbons (Fsp3) is 0.220. The van der Waals surface area contributed by atoms with Crippen LogP contribution in [0.5, 0.6) is 11.5 Å². The predicted octanol–water partition coefficient (Wildman–Crippen LogP) is 11.2. The maximum absolute atomic E-state index is 6.45. The molecule has 0 unspecified atom stereocenters. The molecule has 3 heterocycles. The minimum absolute atomic E-state index is 0.392. The Bertz CT molecular complexity index is 2140. The molecule has 4 aromatic carbocycles. The van der Waals surface area contributed by atoms with Crippen LogP contribution in [0.15, 0.2) is 116 Å². The fourth-order valence-corrected chi connectivity index (χ4v) is 6.50. The van der Waals surface area contributed by atoms with Crippen LogP contribution in [0.2, 0.25) is 0 Å². The quantitative estimate of drug-likeness (QED) is 0.173. The van der Waals surface area contributed by atoms with Crippen LogP contribution in [-0.4, -0.2) is 19.1 Å². The summed E-state index contributed by atoms with van der Waals surface area (Å²) in [7, 11) is 0. The number of pyridine rings is 1. The Morgan fingerprint density at radius 1 is 0.630 bits per heavy atom. The van der Waals surface area contributed by atoms with Gasteiger partial charge >= 0.3 is 0 Å². The van der Waals surface area contributed by atoms with Crippen molar-refractivity contribution in [1.82, 2.24) is 19.1 Å². The van der Waals surface area contributed by atoms with E-state index < -0.39 is 0 Å². The summed E-state index contributed by atoms with van der Waals surface area (Å²) in [5, 5.41) is 2.35. The first-order valence-corrected chi connectivity index (χ1v) is 16.2. The van der Waals surface area contributed by atoms with E-state index in [9.17, 15) is 0 Å². The van der Waals surface area contributed by atoms with Crippen LogP contribution in [0.25, 0.3) is 44.4 Å². The predicted molar refractivity (Wildman–Crippen MR) is 190 cm³/mol. The second-order valence-electron chi connectivity index (χ2n) is 13.0. The van der Waals surface area contributed by atoms with E-state index in [1.165, 1.54) is 33.2 Å². The van der Waals surface area contributed by atoms with Gasteiger partial charge < -0.3 is 9.30 Å². The van der Waals surface area contributed by atoms with Crippen molar-refractivity contribution >= 4 is 21.8 Å². The largest absolute Gasteiger partial charge is 0.457 e. The molecule has 7 aromatic rings. The van der Waals surface area contributed by atoms with Gasteiger partial charge in [-0.25, -0.2) is 9.97 Å². The van der Waals surface area contributed by atoms with E-state index in [-0.39, 0.29) is 0 Å². The van der Waals surface area contributed by atoms with Crippen LogP contribution in [-0.2, 0) is 0 Å². The molecule has 0 spiro atoms. The van der Waals surface area contributed by atoms with Gasteiger partial charge in [-0.15, -0.1) is 0 Å². The van der Waals surface area contributed by atoms with E-state index in [0.29, 0.717) is 17.8 Å². The Balaban J connectivity index is 1.38. The SMILES string of the molecule is CC(C)c1cc(C(C)C)c(-c2ccnc(-n3c4ccccc4c4ccc(Oc5cccc(-n6ccnc6)c5)cc43)c2)c(C(C)C)c1. The minimum Gasteiger partial charge on any atom is -0.457 e. The monoisotopic (exact) mass is 604 g/mol. The van der Waals surface area contributed by atoms with E-state index in [4.69, 9.17) is 9.72 Å². The number of imidazole rings is 1. The van der Waals surface area contributed by atoms with Crippen molar-refractivity contribution in [2.75, 3.05) is 0 Å². The first kappa shape index (κ1) is 29.5. The van der Waals surface area contributed by atoms with Crippen molar-refractivity contribution in [1.29, 1.82) is 0 Å². The number of benzene rings is 4. The van der Waals surface area contributed by atoms with Gasteiger partial charge in [0.25, 0.3) is 0 Å². The van der Waals surface area contributed by atoms with E-state index in [2.05, 4.69) is 112 Å². The molecular weight excluding hydrogens is 564 g/mol. The van der Waals surface area contributed by atoms with Gasteiger partial charge in [0.05, 0.1) is 23.0 Å². The molecule has 7 rings (SSSR count). The molecule has 3 aromatic heterocycles. The third-order valence-corrected chi connectivity index (χ3v) is 8.90. The van der Waals surface area contributed by atoms with Gasteiger partial charge in [-0.05, 0) is 88.0 Å². The lowest BCUT2D eigenvalue weighted by Crippen LogP contribution is -2.05. The summed E-state index contributed by atoms with van der Waals surface area (Å²) >= 11 is 0. The topological polar surface area (TPSA) is 44.9 Å². The molecule has 5 heteroatoms. The van der Waals surface area contributed by atoms with E-state index in [0.717, 1.165) is 39.4 Å².